The summed E-state index contributed by atoms with van der Waals surface area (Å²) in [5.74, 6) is -0.0251. The van der Waals surface area contributed by atoms with E-state index in [1.807, 2.05) is 6.08 Å². The molecule has 3 unspecified atom stereocenters. The minimum atomic E-state index is -0.631. The molecule has 2 rings (SSSR count). The minimum Gasteiger partial charge on any atom is -0.388 e. The van der Waals surface area contributed by atoms with Crippen LogP contribution in [0.4, 0.5) is 0 Å². The lowest BCUT2D eigenvalue weighted by molar-refractivity contribution is -0.126. The fraction of sp³-hybridized carbons (Fsp3) is 0.545. The fourth-order valence-corrected chi connectivity index (χ4v) is 2.57. The van der Waals surface area contributed by atoms with Gasteiger partial charge in [-0.2, -0.15) is 0 Å². The Morgan fingerprint density at radius 3 is 2.92 bits per heavy atom. The Bertz CT molecular complexity index is 292. The largest absolute Gasteiger partial charge is 0.388 e. The van der Waals surface area contributed by atoms with E-state index >= 15 is 0 Å². The monoisotopic (exact) mass is 178 g/mol. The lowest BCUT2D eigenvalue weighted by Gasteiger charge is -2.29. The van der Waals surface area contributed by atoms with Crippen molar-refractivity contribution in [2.45, 2.75) is 25.4 Å². The fourth-order valence-electron chi connectivity index (χ4n) is 2.57. The number of allylic oxidation sites excluding steroid dienone is 1. The number of aliphatic hydroxyl groups is 1. The van der Waals surface area contributed by atoms with Gasteiger partial charge >= 0.3 is 0 Å². The number of fused-ring (bicyclic) bond motifs is 2. The van der Waals surface area contributed by atoms with Gasteiger partial charge in [0.1, 0.15) is 5.78 Å². The van der Waals surface area contributed by atoms with Crippen LogP contribution < -0.4 is 0 Å². The number of Topliss-reactive ketones (excluding diaryl/α,β-unsaturated/α-hetero) is 1. The third kappa shape index (κ3) is 0.953. The molecule has 2 bridgehead atoms. The Morgan fingerprint density at radius 1 is 1.62 bits per heavy atom. The van der Waals surface area contributed by atoms with Gasteiger partial charge in [-0.3, -0.25) is 4.79 Å². The van der Waals surface area contributed by atoms with E-state index in [0.29, 0.717) is 6.42 Å². The zero-order valence-electron chi connectivity index (χ0n) is 7.62. The Kier molecular flexibility index (Phi) is 1.70. The highest BCUT2D eigenvalue weighted by atomic mass is 16.3. The van der Waals surface area contributed by atoms with Crippen molar-refractivity contribution in [3.63, 3.8) is 0 Å². The molecule has 2 fully saturated rings. The van der Waals surface area contributed by atoms with Gasteiger partial charge in [-0.15, -0.1) is 6.58 Å². The zero-order valence-corrected chi connectivity index (χ0v) is 7.62. The summed E-state index contributed by atoms with van der Waals surface area (Å²) in [5.41, 5.74) is 0.635. The lowest BCUT2D eigenvalue weighted by Crippen LogP contribution is -2.26. The van der Waals surface area contributed by atoms with Crippen LogP contribution in [0.1, 0.15) is 19.3 Å². The number of carbonyl (C=O) groups excluding carboxylic acids is 1. The average Bonchev–Trinajstić information content (AvgIpc) is 2.36. The average molecular weight is 178 g/mol. The Hall–Kier alpha value is -0.890. The highest BCUT2D eigenvalue weighted by Gasteiger charge is 2.51. The summed E-state index contributed by atoms with van der Waals surface area (Å²) in [4.78, 5) is 11.4. The topological polar surface area (TPSA) is 37.3 Å². The summed E-state index contributed by atoms with van der Waals surface area (Å²) in [7, 11) is 0. The second kappa shape index (κ2) is 2.55. The highest BCUT2D eigenvalue weighted by Crippen LogP contribution is 2.53. The number of ketones is 1. The predicted octanol–water partition coefficient (Wildman–Crippen LogP) is 1.46. The molecule has 70 valence electrons. The zero-order chi connectivity index (χ0) is 9.64. The second-order valence-corrected chi connectivity index (χ2v) is 4.11. The maximum absolute atomic E-state index is 11.4. The van der Waals surface area contributed by atoms with Gasteiger partial charge in [-0.1, -0.05) is 12.7 Å². The molecule has 0 spiro atoms. The van der Waals surface area contributed by atoms with Gasteiger partial charge in [0.25, 0.3) is 0 Å². The molecule has 13 heavy (non-hydrogen) atoms. The Balaban J connectivity index is 2.41. The van der Waals surface area contributed by atoms with Crippen LogP contribution in [0.15, 0.2) is 24.8 Å². The van der Waals surface area contributed by atoms with Crippen molar-refractivity contribution in [3.8, 4) is 0 Å². The molecular weight excluding hydrogens is 164 g/mol. The number of aliphatic hydroxyl groups excluding tert-OH is 1. The van der Waals surface area contributed by atoms with Crippen molar-refractivity contribution in [2.75, 3.05) is 0 Å². The molecule has 1 N–H and O–H groups in total. The van der Waals surface area contributed by atoms with Crippen LogP contribution >= 0.6 is 0 Å². The summed E-state index contributed by atoms with van der Waals surface area (Å²) in [6.07, 6.45) is 3.28. The molecule has 2 aliphatic carbocycles. The molecule has 2 nitrogen and oxygen atoms in total. The number of rotatable bonds is 1. The summed E-state index contributed by atoms with van der Waals surface area (Å²) in [6, 6.07) is 0. The van der Waals surface area contributed by atoms with Crippen molar-refractivity contribution in [3.05, 3.63) is 24.8 Å². The van der Waals surface area contributed by atoms with E-state index in [2.05, 4.69) is 13.2 Å². The molecule has 0 saturated heterocycles. The Morgan fingerprint density at radius 2 is 2.31 bits per heavy atom. The SMILES string of the molecule is C=CC12CCC(=O)C(C1)C(O)C2=C. The molecule has 0 amide bonds. The van der Waals surface area contributed by atoms with E-state index in [4.69, 9.17) is 0 Å². The quantitative estimate of drug-likeness (QED) is 0.617. The molecule has 0 aromatic rings. The van der Waals surface area contributed by atoms with Crippen LogP contribution in [0.3, 0.4) is 0 Å². The van der Waals surface area contributed by atoms with Gasteiger partial charge in [0.15, 0.2) is 0 Å². The van der Waals surface area contributed by atoms with E-state index in [9.17, 15) is 9.90 Å². The van der Waals surface area contributed by atoms with Crippen molar-refractivity contribution in [1.82, 2.24) is 0 Å². The van der Waals surface area contributed by atoms with E-state index in [0.717, 1.165) is 18.4 Å². The van der Waals surface area contributed by atoms with Crippen molar-refractivity contribution in [1.29, 1.82) is 0 Å². The van der Waals surface area contributed by atoms with E-state index < -0.39 is 6.10 Å². The van der Waals surface area contributed by atoms with Crippen LogP contribution in [0.2, 0.25) is 0 Å². The predicted molar refractivity (Wildman–Crippen MR) is 50.1 cm³/mol. The maximum atomic E-state index is 11.4. The first-order chi connectivity index (χ1) is 6.10. The van der Waals surface area contributed by atoms with Gasteiger partial charge in [0.05, 0.1) is 6.10 Å². The van der Waals surface area contributed by atoms with E-state index in [1.54, 1.807) is 0 Å². The molecule has 0 radical (unpaired) electrons. The molecule has 2 saturated carbocycles. The molecular formula is C11H14O2. The molecule has 3 atom stereocenters. The molecule has 2 aliphatic rings. The first kappa shape index (κ1) is 8.70. The second-order valence-electron chi connectivity index (χ2n) is 4.11. The van der Waals surface area contributed by atoms with Crippen molar-refractivity contribution in [2.24, 2.45) is 11.3 Å². The Labute approximate surface area is 78.0 Å². The molecule has 0 aromatic heterocycles. The van der Waals surface area contributed by atoms with Crippen LogP contribution in [0.25, 0.3) is 0 Å². The van der Waals surface area contributed by atoms with Gasteiger partial charge in [0, 0.05) is 17.8 Å². The van der Waals surface area contributed by atoms with Crippen LogP contribution in [0, 0.1) is 11.3 Å². The summed E-state index contributed by atoms with van der Waals surface area (Å²) >= 11 is 0. The van der Waals surface area contributed by atoms with Gasteiger partial charge in [0.2, 0.25) is 0 Å². The third-order valence-corrected chi connectivity index (χ3v) is 3.58. The number of carbonyl (C=O) groups is 1. The van der Waals surface area contributed by atoms with E-state index in [-0.39, 0.29) is 17.1 Å². The van der Waals surface area contributed by atoms with Crippen molar-refractivity contribution >= 4 is 5.78 Å². The standard InChI is InChI=1S/C11H14O2/c1-3-11-5-4-9(12)8(6-11)10(13)7(11)2/h3,8,10,13H,1-2,4-6H2. The lowest BCUT2D eigenvalue weighted by atomic mass is 9.74. The van der Waals surface area contributed by atoms with E-state index in [1.165, 1.54) is 0 Å². The molecule has 0 aromatic carbocycles. The summed E-state index contributed by atoms with van der Waals surface area (Å²) < 4.78 is 0. The smallest absolute Gasteiger partial charge is 0.138 e. The third-order valence-electron chi connectivity index (χ3n) is 3.58. The minimum absolute atomic E-state index is 0.155. The highest BCUT2D eigenvalue weighted by molar-refractivity contribution is 5.84. The van der Waals surface area contributed by atoms with Crippen LogP contribution in [-0.2, 0) is 4.79 Å². The van der Waals surface area contributed by atoms with Crippen LogP contribution in [0.5, 0.6) is 0 Å². The summed E-state index contributed by atoms with van der Waals surface area (Å²) in [5, 5.41) is 9.77. The normalized spacial score (nSPS) is 43.8. The summed E-state index contributed by atoms with van der Waals surface area (Å²) in [6.45, 7) is 7.66. The van der Waals surface area contributed by atoms with Gasteiger partial charge in [-0.05, 0) is 18.4 Å². The first-order valence-electron chi connectivity index (χ1n) is 4.64. The maximum Gasteiger partial charge on any atom is 0.138 e. The van der Waals surface area contributed by atoms with Crippen LogP contribution in [-0.4, -0.2) is 17.0 Å². The number of hydrogen-bond donors (Lipinski definition) is 1. The number of hydrogen-bond acceptors (Lipinski definition) is 2. The van der Waals surface area contributed by atoms with Gasteiger partial charge in [-0.25, -0.2) is 0 Å². The molecule has 2 heteroatoms. The molecule has 0 aliphatic heterocycles. The first-order valence-corrected chi connectivity index (χ1v) is 4.64. The van der Waals surface area contributed by atoms with Gasteiger partial charge < -0.3 is 5.11 Å². The molecule has 0 heterocycles. The van der Waals surface area contributed by atoms with Crippen molar-refractivity contribution < 1.29 is 9.90 Å².